The molecule has 0 aliphatic heterocycles. The number of ether oxygens (including phenoxy) is 2. The van der Waals surface area contributed by atoms with Crippen LogP contribution in [0.3, 0.4) is 0 Å². The Balaban J connectivity index is 2.21. The van der Waals surface area contributed by atoms with Crippen molar-refractivity contribution in [3.05, 3.63) is 29.3 Å². The molecule has 0 radical (unpaired) electrons. The Morgan fingerprint density at radius 3 is 2.40 bits per heavy atom. The van der Waals surface area contributed by atoms with Gasteiger partial charge in [-0.2, -0.15) is 0 Å². The maximum Gasteiger partial charge on any atom is 0.305 e. The van der Waals surface area contributed by atoms with Gasteiger partial charge in [-0.3, -0.25) is 4.79 Å². The largest absolute Gasteiger partial charge is 0.492 e. The fourth-order valence-electron chi connectivity index (χ4n) is 2.04. The number of hydrogen-bond acceptors (Lipinski definition) is 4. The summed E-state index contributed by atoms with van der Waals surface area (Å²) in [4.78, 5) is 13.1. The lowest BCUT2D eigenvalue weighted by Gasteiger charge is -2.16. The van der Waals surface area contributed by atoms with Gasteiger partial charge in [0.1, 0.15) is 12.4 Å². The van der Waals surface area contributed by atoms with Crippen LogP contribution in [0.4, 0.5) is 0 Å². The van der Waals surface area contributed by atoms with Crippen LogP contribution in [-0.2, 0) is 9.53 Å². The number of aryl methyl sites for hydroxylation is 2. The summed E-state index contributed by atoms with van der Waals surface area (Å²) >= 11 is 0. The molecule has 1 aromatic rings. The lowest BCUT2D eigenvalue weighted by molar-refractivity contribution is -0.140. The quantitative estimate of drug-likeness (QED) is 0.686. The third kappa shape index (κ3) is 6.57. The summed E-state index contributed by atoms with van der Waals surface area (Å²) in [5.41, 5.74) is 2.43. The van der Waals surface area contributed by atoms with E-state index in [-0.39, 0.29) is 5.97 Å². The van der Waals surface area contributed by atoms with Gasteiger partial charge in [-0.25, -0.2) is 0 Å². The molecule has 0 saturated heterocycles. The molecule has 1 aromatic carbocycles. The molecule has 0 bridgehead atoms. The smallest absolute Gasteiger partial charge is 0.305 e. The number of nitrogens with zero attached hydrogens (tertiary/aromatic N) is 1. The summed E-state index contributed by atoms with van der Waals surface area (Å²) < 4.78 is 10.4. The van der Waals surface area contributed by atoms with Gasteiger partial charge in [0.05, 0.1) is 7.11 Å². The van der Waals surface area contributed by atoms with Gasteiger partial charge in [0.15, 0.2) is 0 Å². The molecule has 112 valence electrons. The van der Waals surface area contributed by atoms with E-state index in [0.29, 0.717) is 13.0 Å². The highest BCUT2D eigenvalue weighted by molar-refractivity contribution is 5.69. The maximum absolute atomic E-state index is 11.0. The minimum Gasteiger partial charge on any atom is -0.492 e. The highest BCUT2D eigenvalue weighted by Gasteiger charge is 2.03. The van der Waals surface area contributed by atoms with Crippen LogP contribution in [0.15, 0.2) is 18.2 Å². The standard InChI is InChI=1S/C16H25NO3/c1-13-10-14(2)12-15(11-13)20-9-8-17(3)7-5-6-16(18)19-4/h10-12H,5-9H2,1-4H3. The Hall–Kier alpha value is -1.55. The summed E-state index contributed by atoms with van der Waals surface area (Å²) in [6, 6.07) is 6.22. The molecular formula is C16H25NO3. The highest BCUT2D eigenvalue weighted by Crippen LogP contribution is 2.15. The highest BCUT2D eigenvalue weighted by atomic mass is 16.5. The van der Waals surface area contributed by atoms with Crippen LogP contribution in [0.25, 0.3) is 0 Å². The average molecular weight is 279 g/mol. The number of esters is 1. The minimum atomic E-state index is -0.148. The summed E-state index contributed by atoms with van der Waals surface area (Å²) in [6.07, 6.45) is 1.28. The lowest BCUT2D eigenvalue weighted by atomic mass is 10.1. The van der Waals surface area contributed by atoms with Crippen LogP contribution in [0.5, 0.6) is 5.75 Å². The van der Waals surface area contributed by atoms with E-state index in [0.717, 1.165) is 25.3 Å². The van der Waals surface area contributed by atoms with Gasteiger partial charge in [0.25, 0.3) is 0 Å². The third-order valence-corrected chi connectivity index (χ3v) is 3.09. The Kier molecular flexibility index (Phi) is 7.09. The van der Waals surface area contributed by atoms with Crippen LogP contribution >= 0.6 is 0 Å². The molecule has 0 aromatic heterocycles. The molecule has 0 amide bonds. The van der Waals surface area contributed by atoms with E-state index < -0.39 is 0 Å². The van der Waals surface area contributed by atoms with E-state index in [1.165, 1.54) is 18.2 Å². The Morgan fingerprint density at radius 2 is 1.80 bits per heavy atom. The molecule has 0 unspecified atom stereocenters. The van der Waals surface area contributed by atoms with Crippen molar-refractivity contribution in [1.29, 1.82) is 0 Å². The van der Waals surface area contributed by atoms with E-state index in [1.54, 1.807) is 0 Å². The third-order valence-electron chi connectivity index (χ3n) is 3.09. The molecule has 0 N–H and O–H groups in total. The van der Waals surface area contributed by atoms with Crippen molar-refractivity contribution in [2.24, 2.45) is 0 Å². The molecule has 0 fully saturated rings. The molecule has 0 atom stereocenters. The van der Waals surface area contributed by atoms with Crippen molar-refractivity contribution in [2.75, 3.05) is 33.9 Å². The maximum atomic E-state index is 11.0. The first kappa shape index (κ1) is 16.5. The van der Waals surface area contributed by atoms with Crippen LogP contribution in [0.2, 0.25) is 0 Å². The lowest BCUT2D eigenvalue weighted by Crippen LogP contribution is -2.25. The van der Waals surface area contributed by atoms with Crippen LogP contribution in [0, 0.1) is 13.8 Å². The SMILES string of the molecule is COC(=O)CCCN(C)CCOc1cc(C)cc(C)c1. The number of carbonyl (C=O) groups excluding carboxylic acids is 1. The zero-order valence-electron chi connectivity index (χ0n) is 12.9. The van der Waals surface area contributed by atoms with Crippen LogP contribution in [-0.4, -0.2) is 44.7 Å². The van der Waals surface area contributed by atoms with Crippen LogP contribution < -0.4 is 4.74 Å². The summed E-state index contributed by atoms with van der Waals surface area (Å²) in [7, 11) is 3.45. The number of carbonyl (C=O) groups is 1. The normalized spacial score (nSPS) is 10.7. The number of likely N-dealkylation sites (N-methyl/N-ethyl adjacent to an activating group) is 1. The Bertz CT molecular complexity index is 411. The zero-order chi connectivity index (χ0) is 15.0. The van der Waals surface area contributed by atoms with Gasteiger partial charge < -0.3 is 14.4 Å². The Morgan fingerprint density at radius 1 is 1.15 bits per heavy atom. The first-order valence-electron chi connectivity index (χ1n) is 6.97. The number of rotatable bonds is 8. The predicted octanol–water partition coefficient (Wildman–Crippen LogP) is 2.57. The second-order valence-electron chi connectivity index (χ2n) is 5.15. The van der Waals surface area contributed by atoms with Crippen molar-refractivity contribution in [3.63, 3.8) is 0 Å². The van der Waals surface area contributed by atoms with E-state index in [9.17, 15) is 4.79 Å². The predicted molar refractivity (Wildman–Crippen MR) is 80.2 cm³/mol. The molecule has 0 saturated carbocycles. The van der Waals surface area contributed by atoms with Gasteiger partial charge in [-0.05, 0) is 57.1 Å². The number of benzene rings is 1. The first-order chi connectivity index (χ1) is 9.51. The molecule has 1 rings (SSSR count). The minimum absolute atomic E-state index is 0.148. The fourth-order valence-corrected chi connectivity index (χ4v) is 2.04. The topological polar surface area (TPSA) is 38.8 Å². The molecule has 20 heavy (non-hydrogen) atoms. The van der Waals surface area contributed by atoms with E-state index in [2.05, 4.69) is 29.6 Å². The summed E-state index contributed by atoms with van der Waals surface area (Å²) in [6.45, 7) is 6.49. The van der Waals surface area contributed by atoms with Gasteiger partial charge in [-0.15, -0.1) is 0 Å². The second-order valence-corrected chi connectivity index (χ2v) is 5.15. The van der Waals surface area contributed by atoms with E-state index in [4.69, 9.17) is 4.74 Å². The van der Waals surface area contributed by atoms with E-state index >= 15 is 0 Å². The summed E-state index contributed by atoms with van der Waals surface area (Å²) in [5.74, 6) is 0.773. The fraction of sp³-hybridized carbons (Fsp3) is 0.562. The van der Waals surface area contributed by atoms with Crippen molar-refractivity contribution < 1.29 is 14.3 Å². The molecule has 0 spiro atoms. The van der Waals surface area contributed by atoms with Crippen molar-refractivity contribution in [1.82, 2.24) is 4.90 Å². The van der Waals surface area contributed by atoms with Crippen molar-refractivity contribution >= 4 is 5.97 Å². The average Bonchev–Trinajstić information content (AvgIpc) is 2.37. The molecule has 0 heterocycles. The molecule has 0 aliphatic carbocycles. The summed E-state index contributed by atoms with van der Waals surface area (Å²) in [5, 5.41) is 0. The van der Waals surface area contributed by atoms with Crippen molar-refractivity contribution in [2.45, 2.75) is 26.7 Å². The zero-order valence-corrected chi connectivity index (χ0v) is 12.9. The van der Waals surface area contributed by atoms with Gasteiger partial charge in [0.2, 0.25) is 0 Å². The molecular weight excluding hydrogens is 254 g/mol. The Labute approximate surface area is 121 Å². The van der Waals surface area contributed by atoms with Crippen molar-refractivity contribution in [3.8, 4) is 5.75 Å². The first-order valence-corrected chi connectivity index (χ1v) is 6.97. The van der Waals surface area contributed by atoms with Gasteiger partial charge >= 0.3 is 5.97 Å². The molecule has 4 heteroatoms. The molecule has 0 aliphatic rings. The second kappa shape index (κ2) is 8.59. The van der Waals surface area contributed by atoms with Gasteiger partial charge in [-0.1, -0.05) is 6.07 Å². The van der Waals surface area contributed by atoms with Crippen LogP contribution in [0.1, 0.15) is 24.0 Å². The van der Waals surface area contributed by atoms with Gasteiger partial charge in [0, 0.05) is 13.0 Å². The number of hydrogen-bond donors (Lipinski definition) is 0. The monoisotopic (exact) mass is 279 g/mol. The number of methoxy groups -OCH3 is 1. The molecule has 4 nitrogen and oxygen atoms in total. The van der Waals surface area contributed by atoms with E-state index in [1.807, 2.05) is 19.2 Å².